The zero-order valence-electron chi connectivity index (χ0n) is 11.3. The predicted octanol–water partition coefficient (Wildman–Crippen LogP) is 3.04. The van der Waals surface area contributed by atoms with Crippen LogP contribution in [0.5, 0.6) is 0 Å². The van der Waals surface area contributed by atoms with Crippen molar-refractivity contribution in [2.45, 2.75) is 12.2 Å². The van der Waals surface area contributed by atoms with E-state index in [4.69, 9.17) is 5.21 Å². The largest absolute Gasteiger partial charge is 0.416 e. The third-order valence-electron chi connectivity index (χ3n) is 3.52. The molecule has 22 heavy (non-hydrogen) atoms. The van der Waals surface area contributed by atoms with E-state index in [9.17, 15) is 17.6 Å². The summed E-state index contributed by atoms with van der Waals surface area (Å²) in [6.45, 7) is 0. The highest BCUT2D eigenvalue weighted by Crippen LogP contribution is 2.35. The highest BCUT2D eigenvalue weighted by Gasteiger charge is 2.38. The quantitative estimate of drug-likeness (QED) is 0.699. The first kappa shape index (κ1) is 14.6. The highest BCUT2D eigenvalue weighted by molar-refractivity contribution is 6.05. The summed E-state index contributed by atoms with van der Waals surface area (Å²) in [5.74, 6) is -0.513. The maximum absolute atomic E-state index is 13.9. The molecule has 1 unspecified atom stereocenters. The van der Waals surface area contributed by atoms with E-state index in [0.717, 1.165) is 18.4 Å². The number of hydrogen-bond acceptors (Lipinski definition) is 4. The Kier molecular flexibility index (Phi) is 3.21. The minimum Gasteiger partial charge on any atom is -0.347 e. The maximum atomic E-state index is 13.9. The van der Waals surface area contributed by atoms with E-state index in [1.54, 1.807) is 11.9 Å². The van der Waals surface area contributed by atoms with Gasteiger partial charge in [0, 0.05) is 13.2 Å². The zero-order valence-corrected chi connectivity index (χ0v) is 11.3. The standard InChI is InChI=1S/C14H11F4N3O/c1-20-12-3-2-8(14(16,17)18)6-11(12)19-13(20)9-4-5-21(22)7-10(9)15/h2-7,12,22H,1H3. The molecule has 0 saturated carbocycles. The van der Waals surface area contributed by atoms with Crippen molar-refractivity contribution in [3.8, 4) is 0 Å². The third kappa shape index (κ3) is 2.35. The molecule has 0 aromatic heterocycles. The number of aliphatic imine (C=N–C) groups is 1. The second kappa shape index (κ2) is 4.84. The summed E-state index contributed by atoms with van der Waals surface area (Å²) < 4.78 is 52.1. The molecule has 3 aliphatic rings. The lowest BCUT2D eigenvalue weighted by molar-refractivity contribution is -0.0882. The molecular weight excluding hydrogens is 302 g/mol. The first-order chi connectivity index (χ1) is 10.3. The van der Waals surface area contributed by atoms with Gasteiger partial charge in [0.1, 0.15) is 5.82 Å². The van der Waals surface area contributed by atoms with Crippen LogP contribution in [0.2, 0.25) is 0 Å². The van der Waals surface area contributed by atoms with Crippen molar-refractivity contribution >= 4 is 5.71 Å². The lowest BCUT2D eigenvalue weighted by Crippen LogP contribution is -2.32. The Labute approximate surface area is 123 Å². The van der Waals surface area contributed by atoms with Gasteiger partial charge in [-0.3, -0.25) is 5.21 Å². The van der Waals surface area contributed by atoms with E-state index in [1.807, 2.05) is 0 Å². The summed E-state index contributed by atoms with van der Waals surface area (Å²) >= 11 is 0. The van der Waals surface area contributed by atoms with Gasteiger partial charge in [-0.05, 0) is 12.2 Å². The number of hydroxylamine groups is 2. The number of allylic oxidation sites excluding steroid dienone is 5. The molecular formula is C14H11F4N3O. The summed E-state index contributed by atoms with van der Waals surface area (Å²) in [7, 11) is 1.62. The molecule has 0 bridgehead atoms. The van der Waals surface area contributed by atoms with Crippen molar-refractivity contribution in [1.29, 1.82) is 0 Å². The van der Waals surface area contributed by atoms with Crippen molar-refractivity contribution in [1.82, 2.24) is 9.96 Å². The Hall–Kier alpha value is -2.35. The molecule has 3 rings (SSSR count). The van der Waals surface area contributed by atoms with Gasteiger partial charge in [0.15, 0.2) is 5.83 Å². The monoisotopic (exact) mass is 313 g/mol. The Balaban J connectivity index is 2.04. The maximum Gasteiger partial charge on any atom is 0.416 e. The molecule has 0 aromatic rings. The molecule has 0 radical (unpaired) electrons. The molecule has 8 heteroatoms. The van der Waals surface area contributed by atoms with E-state index < -0.39 is 23.6 Å². The highest BCUT2D eigenvalue weighted by atomic mass is 19.4. The minimum atomic E-state index is -4.45. The number of likely N-dealkylation sites (N-methyl/N-ethyl adjacent to an activating group) is 1. The second-order valence-corrected chi connectivity index (χ2v) is 4.96. The van der Waals surface area contributed by atoms with Crippen LogP contribution in [0.4, 0.5) is 17.6 Å². The van der Waals surface area contributed by atoms with E-state index in [2.05, 4.69) is 4.99 Å². The Morgan fingerprint density at radius 3 is 2.64 bits per heavy atom. The van der Waals surface area contributed by atoms with Crippen LogP contribution >= 0.6 is 0 Å². The van der Waals surface area contributed by atoms with Gasteiger partial charge in [0.2, 0.25) is 0 Å². The Bertz CT molecular complexity index is 697. The van der Waals surface area contributed by atoms with Gasteiger partial charge in [-0.2, -0.15) is 13.2 Å². The Morgan fingerprint density at radius 2 is 2.00 bits per heavy atom. The molecule has 2 heterocycles. The van der Waals surface area contributed by atoms with Gasteiger partial charge in [-0.15, -0.1) is 0 Å². The first-order valence-electron chi connectivity index (χ1n) is 6.33. The average Bonchev–Trinajstić information content (AvgIpc) is 2.75. The number of alkyl halides is 3. The number of nitrogens with zero attached hydrogens (tertiary/aromatic N) is 3. The van der Waals surface area contributed by atoms with Crippen molar-refractivity contribution in [3.63, 3.8) is 0 Å². The normalized spacial score (nSPS) is 27.7. The fourth-order valence-electron chi connectivity index (χ4n) is 2.41. The van der Waals surface area contributed by atoms with Crippen LogP contribution < -0.4 is 0 Å². The summed E-state index contributed by atoms with van der Waals surface area (Å²) in [4.78, 5) is 5.70. The fraction of sp³-hybridized carbons (Fsp3) is 0.214. The van der Waals surface area contributed by atoms with Gasteiger partial charge in [0.05, 0.1) is 29.1 Å². The summed E-state index contributed by atoms with van der Waals surface area (Å²) in [6, 6.07) is -0.470. The lowest BCUT2D eigenvalue weighted by Gasteiger charge is -2.24. The van der Waals surface area contributed by atoms with Crippen LogP contribution in [0.15, 0.2) is 64.5 Å². The molecule has 0 amide bonds. The third-order valence-corrected chi connectivity index (χ3v) is 3.52. The average molecular weight is 313 g/mol. The molecule has 0 aromatic carbocycles. The number of rotatable bonds is 0. The molecule has 0 spiro atoms. The van der Waals surface area contributed by atoms with Gasteiger partial charge in [-0.1, -0.05) is 12.2 Å². The van der Waals surface area contributed by atoms with E-state index in [0.29, 0.717) is 5.06 Å². The van der Waals surface area contributed by atoms with Crippen LogP contribution in [-0.4, -0.2) is 40.1 Å². The van der Waals surface area contributed by atoms with E-state index >= 15 is 0 Å². The van der Waals surface area contributed by atoms with Crippen molar-refractivity contribution in [2.75, 3.05) is 7.05 Å². The van der Waals surface area contributed by atoms with E-state index in [-0.39, 0.29) is 17.1 Å². The minimum absolute atomic E-state index is 0.102. The van der Waals surface area contributed by atoms with Crippen LogP contribution in [0.1, 0.15) is 0 Å². The predicted molar refractivity (Wildman–Crippen MR) is 71.2 cm³/mol. The van der Waals surface area contributed by atoms with Crippen LogP contribution in [0.3, 0.4) is 0 Å². The van der Waals surface area contributed by atoms with Crippen molar-refractivity contribution in [2.24, 2.45) is 4.99 Å². The first-order valence-corrected chi connectivity index (χ1v) is 6.33. The van der Waals surface area contributed by atoms with Gasteiger partial charge in [0.25, 0.3) is 0 Å². The molecule has 1 aliphatic carbocycles. The molecule has 4 nitrogen and oxygen atoms in total. The zero-order chi connectivity index (χ0) is 16.1. The summed E-state index contributed by atoms with van der Waals surface area (Å²) in [5.41, 5.74) is -0.489. The van der Waals surface area contributed by atoms with Crippen LogP contribution in [0, 0.1) is 0 Å². The number of fused-ring (bicyclic) bond motifs is 1. The van der Waals surface area contributed by atoms with Gasteiger partial charge < -0.3 is 4.90 Å². The van der Waals surface area contributed by atoms with Crippen LogP contribution in [-0.2, 0) is 0 Å². The smallest absolute Gasteiger partial charge is 0.347 e. The Morgan fingerprint density at radius 1 is 1.27 bits per heavy atom. The van der Waals surface area contributed by atoms with E-state index in [1.165, 1.54) is 18.4 Å². The molecule has 116 valence electrons. The topological polar surface area (TPSA) is 39.1 Å². The van der Waals surface area contributed by atoms with Crippen molar-refractivity contribution in [3.05, 3.63) is 59.5 Å². The number of halogens is 4. The second-order valence-electron chi connectivity index (χ2n) is 4.96. The molecule has 0 fully saturated rings. The molecule has 1 atom stereocenters. The lowest BCUT2D eigenvalue weighted by atomic mass is 10.0. The van der Waals surface area contributed by atoms with Crippen molar-refractivity contribution < 1.29 is 22.8 Å². The fourth-order valence-corrected chi connectivity index (χ4v) is 2.41. The van der Waals surface area contributed by atoms with Crippen LogP contribution in [0.25, 0.3) is 0 Å². The molecule has 1 N–H and O–H groups in total. The molecule has 2 aliphatic heterocycles. The number of hydrogen-bond donors (Lipinski definition) is 1. The molecule has 0 saturated heterocycles. The summed E-state index contributed by atoms with van der Waals surface area (Å²) in [6.07, 6.45) is 2.25. The summed E-state index contributed by atoms with van der Waals surface area (Å²) in [5, 5.41) is 9.70. The SMILES string of the molecule is CN1C(=C2C=CN(O)C=C2F)N=C2C=C(C(F)(F)F)C=CC21. The van der Waals surface area contributed by atoms with Gasteiger partial charge >= 0.3 is 6.18 Å². The van der Waals surface area contributed by atoms with Gasteiger partial charge in [-0.25, -0.2) is 14.4 Å².